The summed E-state index contributed by atoms with van der Waals surface area (Å²) in [5.74, 6) is -0.535. The van der Waals surface area contributed by atoms with Crippen LogP contribution in [0, 0.1) is 15.9 Å². The Kier molecular flexibility index (Phi) is 4.43. The van der Waals surface area contributed by atoms with Gasteiger partial charge in [-0.1, -0.05) is 0 Å². The summed E-state index contributed by atoms with van der Waals surface area (Å²) in [6, 6.07) is 3.28. The van der Waals surface area contributed by atoms with Crippen LogP contribution in [0.4, 0.5) is 15.8 Å². The Bertz CT molecular complexity index is 642. The van der Waals surface area contributed by atoms with Gasteiger partial charge in [0.25, 0.3) is 5.69 Å². The van der Waals surface area contributed by atoms with Crippen LogP contribution in [0.15, 0.2) is 18.2 Å². The fourth-order valence-electron chi connectivity index (χ4n) is 2.29. The van der Waals surface area contributed by atoms with Gasteiger partial charge in [0.15, 0.2) is 0 Å². The lowest BCUT2D eigenvalue weighted by Crippen LogP contribution is -2.49. The van der Waals surface area contributed by atoms with E-state index < -0.39 is 20.8 Å². The van der Waals surface area contributed by atoms with Crippen molar-refractivity contribution in [3.63, 3.8) is 0 Å². The van der Waals surface area contributed by atoms with E-state index in [2.05, 4.69) is 0 Å². The first-order valence-corrected chi connectivity index (χ1v) is 8.13. The summed E-state index contributed by atoms with van der Waals surface area (Å²) in [7, 11) is -3.26. The monoisotopic (exact) mass is 317 g/mol. The van der Waals surface area contributed by atoms with Crippen LogP contribution in [0.3, 0.4) is 0 Å². The maximum absolute atomic E-state index is 13.3. The molecule has 0 atom stereocenters. The number of piperazine rings is 1. The predicted octanol–water partition coefficient (Wildman–Crippen LogP) is 1.21. The summed E-state index contributed by atoms with van der Waals surface area (Å²) in [6.45, 7) is 2.64. The minimum absolute atomic E-state index is 0.0209. The van der Waals surface area contributed by atoms with Crippen molar-refractivity contribution in [3.8, 4) is 0 Å². The van der Waals surface area contributed by atoms with Crippen LogP contribution in [0.25, 0.3) is 0 Å². The molecule has 0 N–H and O–H groups in total. The van der Waals surface area contributed by atoms with E-state index in [1.54, 1.807) is 11.8 Å². The van der Waals surface area contributed by atoms with Crippen molar-refractivity contribution in [3.05, 3.63) is 34.1 Å². The van der Waals surface area contributed by atoms with Gasteiger partial charge in [-0.05, 0) is 13.0 Å². The highest BCUT2D eigenvalue weighted by molar-refractivity contribution is 7.89. The Morgan fingerprint density at radius 2 is 1.90 bits per heavy atom. The summed E-state index contributed by atoms with van der Waals surface area (Å²) in [5.41, 5.74) is 0.0109. The number of halogens is 1. The average Bonchev–Trinajstić information content (AvgIpc) is 2.47. The van der Waals surface area contributed by atoms with E-state index in [1.165, 1.54) is 4.31 Å². The molecule has 1 saturated heterocycles. The zero-order valence-electron chi connectivity index (χ0n) is 11.5. The van der Waals surface area contributed by atoms with E-state index in [1.807, 2.05) is 0 Å². The normalized spacial score (nSPS) is 17.0. The van der Waals surface area contributed by atoms with Crippen LogP contribution in [-0.2, 0) is 10.0 Å². The first-order valence-electron chi connectivity index (χ1n) is 6.52. The maximum Gasteiger partial charge on any atom is 0.292 e. The van der Waals surface area contributed by atoms with Gasteiger partial charge in [-0.15, -0.1) is 0 Å². The molecule has 0 bridgehead atoms. The number of sulfonamides is 1. The largest absolute Gasteiger partial charge is 0.363 e. The average molecular weight is 317 g/mol. The lowest BCUT2D eigenvalue weighted by Gasteiger charge is -2.34. The fraction of sp³-hybridized carbons (Fsp3) is 0.500. The molecule has 1 fully saturated rings. The molecule has 0 spiro atoms. The van der Waals surface area contributed by atoms with E-state index in [0.29, 0.717) is 13.1 Å². The third kappa shape index (κ3) is 3.30. The molecule has 116 valence electrons. The Balaban J connectivity index is 2.20. The van der Waals surface area contributed by atoms with Crippen LogP contribution < -0.4 is 4.90 Å². The number of nitrogens with zero attached hydrogens (tertiary/aromatic N) is 3. The SMILES string of the molecule is CCS(=O)(=O)N1CCN(c2cc(F)ccc2[N+](=O)[O-])CC1. The third-order valence-corrected chi connectivity index (χ3v) is 5.35. The smallest absolute Gasteiger partial charge is 0.292 e. The first-order chi connectivity index (χ1) is 9.85. The number of rotatable bonds is 4. The van der Waals surface area contributed by atoms with Crippen molar-refractivity contribution in [2.45, 2.75) is 6.92 Å². The lowest BCUT2D eigenvalue weighted by molar-refractivity contribution is -0.384. The van der Waals surface area contributed by atoms with E-state index in [9.17, 15) is 22.9 Å². The van der Waals surface area contributed by atoms with Gasteiger partial charge in [-0.3, -0.25) is 10.1 Å². The second-order valence-electron chi connectivity index (χ2n) is 4.68. The molecule has 9 heteroatoms. The van der Waals surface area contributed by atoms with Gasteiger partial charge < -0.3 is 4.90 Å². The van der Waals surface area contributed by atoms with Gasteiger partial charge in [0.2, 0.25) is 10.0 Å². The van der Waals surface area contributed by atoms with Gasteiger partial charge in [0.05, 0.1) is 10.7 Å². The fourth-order valence-corrected chi connectivity index (χ4v) is 3.38. The molecule has 0 aromatic heterocycles. The van der Waals surface area contributed by atoms with Gasteiger partial charge in [-0.25, -0.2) is 12.8 Å². The highest BCUT2D eigenvalue weighted by Gasteiger charge is 2.28. The van der Waals surface area contributed by atoms with Gasteiger partial charge in [0.1, 0.15) is 11.5 Å². The Labute approximate surface area is 122 Å². The van der Waals surface area contributed by atoms with Crippen molar-refractivity contribution in [1.29, 1.82) is 0 Å². The number of nitro groups is 1. The van der Waals surface area contributed by atoms with Crippen molar-refractivity contribution >= 4 is 21.4 Å². The number of benzene rings is 1. The molecule has 1 aromatic carbocycles. The van der Waals surface area contributed by atoms with Crippen molar-refractivity contribution in [1.82, 2.24) is 4.31 Å². The molecule has 0 aliphatic carbocycles. The molecule has 2 rings (SSSR count). The number of anilines is 1. The minimum atomic E-state index is -3.26. The predicted molar refractivity (Wildman–Crippen MR) is 76.3 cm³/mol. The van der Waals surface area contributed by atoms with E-state index in [-0.39, 0.29) is 30.2 Å². The highest BCUT2D eigenvalue weighted by atomic mass is 32.2. The Morgan fingerprint density at radius 3 is 2.43 bits per heavy atom. The molecule has 0 unspecified atom stereocenters. The lowest BCUT2D eigenvalue weighted by atomic mass is 10.2. The second kappa shape index (κ2) is 5.94. The van der Waals surface area contributed by atoms with Gasteiger partial charge in [0, 0.05) is 38.3 Å². The summed E-state index contributed by atoms with van der Waals surface area (Å²) < 4.78 is 38.2. The molecule has 1 aromatic rings. The molecule has 0 amide bonds. The quantitative estimate of drug-likeness (QED) is 0.615. The van der Waals surface area contributed by atoms with Crippen LogP contribution in [0.5, 0.6) is 0 Å². The topological polar surface area (TPSA) is 83.8 Å². The van der Waals surface area contributed by atoms with Crippen LogP contribution in [0.2, 0.25) is 0 Å². The molecule has 1 aliphatic rings. The van der Waals surface area contributed by atoms with Crippen LogP contribution in [-0.4, -0.2) is 49.6 Å². The van der Waals surface area contributed by atoms with Crippen LogP contribution in [0.1, 0.15) is 6.92 Å². The molecule has 1 heterocycles. The number of nitro benzene ring substituents is 1. The maximum atomic E-state index is 13.3. The first kappa shape index (κ1) is 15.6. The third-order valence-electron chi connectivity index (χ3n) is 3.47. The zero-order chi connectivity index (χ0) is 15.6. The molecular weight excluding hydrogens is 301 g/mol. The Hall–Kier alpha value is -1.74. The Morgan fingerprint density at radius 1 is 1.29 bits per heavy atom. The summed E-state index contributed by atoms with van der Waals surface area (Å²) in [6.07, 6.45) is 0. The van der Waals surface area contributed by atoms with E-state index >= 15 is 0 Å². The minimum Gasteiger partial charge on any atom is -0.363 e. The second-order valence-corrected chi connectivity index (χ2v) is 6.93. The van der Waals surface area contributed by atoms with Crippen molar-refractivity contribution < 1.29 is 17.7 Å². The number of hydrogen-bond acceptors (Lipinski definition) is 5. The molecule has 7 nitrogen and oxygen atoms in total. The van der Waals surface area contributed by atoms with Gasteiger partial charge in [-0.2, -0.15) is 4.31 Å². The molecule has 0 saturated carbocycles. The number of hydrogen-bond donors (Lipinski definition) is 0. The summed E-state index contributed by atoms with van der Waals surface area (Å²) in [4.78, 5) is 12.1. The highest BCUT2D eigenvalue weighted by Crippen LogP contribution is 2.29. The summed E-state index contributed by atoms with van der Waals surface area (Å²) >= 11 is 0. The standard InChI is InChI=1S/C12H16FN3O4S/c1-2-21(19,20)15-7-5-14(6-8-15)12-9-10(13)3-4-11(12)16(17)18/h3-4,9H,2,5-8H2,1H3. The summed E-state index contributed by atoms with van der Waals surface area (Å²) in [5, 5.41) is 11.0. The molecule has 1 aliphatic heterocycles. The van der Waals surface area contributed by atoms with Gasteiger partial charge >= 0.3 is 0 Å². The molecule has 0 radical (unpaired) electrons. The molecular formula is C12H16FN3O4S. The van der Waals surface area contributed by atoms with E-state index in [0.717, 1.165) is 18.2 Å². The van der Waals surface area contributed by atoms with Crippen molar-refractivity contribution in [2.75, 3.05) is 36.8 Å². The van der Waals surface area contributed by atoms with E-state index in [4.69, 9.17) is 0 Å². The molecule has 21 heavy (non-hydrogen) atoms. The van der Waals surface area contributed by atoms with Crippen LogP contribution >= 0.6 is 0 Å². The van der Waals surface area contributed by atoms with Crippen molar-refractivity contribution in [2.24, 2.45) is 0 Å². The zero-order valence-corrected chi connectivity index (χ0v) is 12.3.